The topological polar surface area (TPSA) is 25.8 Å². The van der Waals surface area contributed by atoms with Gasteiger partial charge in [0.25, 0.3) is 0 Å². The van der Waals surface area contributed by atoms with Gasteiger partial charge in [-0.2, -0.15) is 0 Å². The molecule has 3 heteroatoms. The van der Waals surface area contributed by atoms with Crippen molar-refractivity contribution in [3.63, 3.8) is 0 Å². The Morgan fingerprint density at radius 1 is 1.19 bits per heavy atom. The SMILES string of the molecule is CC[C@H](c1ccccc1)c1cc(Br)ncn1. The molecule has 0 spiro atoms. The Morgan fingerprint density at radius 3 is 2.56 bits per heavy atom. The van der Waals surface area contributed by atoms with Crippen LogP contribution in [0.5, 0.6) is 0 Å². The van der Waals surface area contributed by atoms with Gasteiger partial charge in [-0.1, -0.05) is 37.3 Å². The van der Waals surface area contributed by atoms with Crippen molar-refractivity contribution in [1.29, 1.82) is 0 Å². The Morgan fingerprint density at radius 2 is 1.94 bits per heavy atom. The molecule has 0 N–H and O–H groups in total. The van der Waals surface area contributed by atoms with Gasteiger partial charge in [-0.3, -0.25) is 0 Å². The zero-order valence-corrected chi connectivity index (χ0v) is 10.7. The smallest absolute Gasteiger partial charge is 0.116 e. The standard InChI is InChI=1S/C13H13BrN2/c1-2-11(10-6-4-3-5-7-10)12-8-13(14)16-9-15-12/h3-9,11H,2H2,1H3/t11-/m1/s1. The second-order valence-corrected chi connectivity index (χ2v) is 4.45. The fourth-order valence-electron chi connectivity index (χ4n) is 1.84. The summed E-state index contributed by atoms with van der Waals surface area (Å²) < 4.78 is 0.840. The highest BCUT2D eigenvalue weighted by Gasteiger charge is 2.13. The van der Waals surface area contributed by atoms with Gasteiger partial charge in [0.2, 0.25) is 0 Å². The molecule has 0 fully saturated rings. The maximum atomic E-state index is 4.35. The first-order valence-corrected chi connectivity index (χ1v) is 6.13. The molecule has 1 aromatic heterocycles. The summed E-state index contributed by atoms with van der Waals surface area (Å²) in [6, 6.07) is 12.4. The fraction of sp³-hybridized carbons (Fsp3) is 0.231. The molecule has 82 valence electrons. The van der Waals surface area contributed by atoms with Crippen molar-refractivity contribution in [1.82, 2.24) is 9.97 Å². The lowest BCUT2D eigenvalue weighted by Gasteiger charge is -2.14. The van der Waals surface area contributed by atoms with Gasteiger partial charge < -0.3 is 0 Å². The van der Waals surface area contributed by atoms with E-state index in [1.165, 1.54) is 5.56 Å². The molecule has 2 nitrogen and oxygen atoms in total. The van der Waals surface area contributed by atoms with Crippen LogP contribution in [0.2, 0.25) is 0 Å². The zero-order chi connectivity index (χ0) is 11.4. The van der Waals surface area contributed by atoms with Crippen molar-refractivity contribution in [2.75, 3.05) is 0 Å². The van der Waals surface area contributed by atoms with Crippen LogP contribution < -0.4 is 0 Å². The molecule has 0 radical (unpaired) electrons. The molecule has 2 rings (SSSR count). The van der Waals surface area contributed by atoms with Crippen molar-refractivity contribution >= 4 is 15.9 Å². The van der Waals surface area contributed by atoms with E-state index < -0.39 is 0 Å². The third-order valence-corrected chi connectivity index (χ3v) is 3.06. The van der Waals surface area contributed by atoms with Crippen LogP contribution in [0.4, 0.5) is 0 Å². The van der Waals surface area contributed by atoms with Crippen molar-refractivity contribution in [2.24, 2.45) is 0 Å². The molecule has 0 bridgehead atoms. The predicted molar refractivity (Wildman–Crippen MR) is 68.3 cm³/mol. The third kappa shape index (κ3) is 2.47. The van der Waals surface area contributed by atoms with E-state index in [1.807, 2.05) is 12.1 Å². The Bertz CT molecular complexity index is 456. The highest BCUT2D eigenvalue weighted by atomic mass is 79.9. The molecule has 1 aromatic carbocycles. The highest BCUT2D eigenvalue weighted by Crippen LogP contribution is 2.26. The van der Waals surface area contributed by atoms with Gasteiger partial charge in [-0.05, 0) is 34.0 Å². The van der Waals surface area contributed by atoms with Crippen molar-refractivity contribution in [3.8, 4) is 0 Å². The largest absolute Gasteiger partial charge is 0.241 e. The Kier molecular flexibility index (Phi) is 3.67. The molecule has 0 aliphatic heterocycles. The van der Waals surface area contributed by atoms with E-state index >= 15 is 0 Å². The van der Waals surface area contributed by atoms with Gasteiger partial charge in [-0.25, -0.2) is 9.97 Å². The van der Waals surface area contributed by atoms with Crippen LogP contribution in [0.25, 0.3) is 0 Å². The minimum absolute atomic E-state index is 0.348. The first-order chi connectivity index (χ1) is 7.81. The summed E-state index contributed by atoms with van der Waals surface area (Å²) in [5.41, 5.74) is 2.37. The lowest BCUT2D eigenvalue weighted by Crippen LogP contribution is -2.02. The summed E-state index contributed by atoms with van der Waals surface area (Å²) in [5.74, 6) is 0.348. The first-order valence-electron chi connectivity index (χ1n) is 5.33. The maximum Gasteiger partial charge on any atom is 0.116 e. The molecule has 0 aliphatic rings. The summed E-state index contributed by atoms with van der Waals surface area (Å²) in [4.78, 5) is 8.40. The summed E-state index contributed by atoms with van der Waals surface area (Å²) in [7, 11) is 0. The normalized spacial score (nSPS) is 12.4. The second-order valence-electron chi connectivity index (χ2n) is 3.64. The molecule has 0 unspecified atom stereocenters. The van der Waals surface area contributed by atoms with Gasteiger partial charge in [0, 0.05) is 5.92 Å². The van der Waals surface area contributed by atoms with Gasteiger partial charge >= 0.3 is 0 Å². The van der Waals surface area contributed by atoms with Gasteiger partial charge in [0.15, 0.2) is 0 Å². The van der Waals surface area contributed by atoms with E-state index in [-0.39, 0.29) is 0 Å². The van der Waals surface area contributed by atoms with Crippen LogP contribution in [0.3, 0.4) is 0 Å². The molecule has 1 heterocycles. The molecule has 2 aromatic rings. The van der Waals surface area contributed by atoms with Crippen LogP contribution in [0.15, 0.2) is 47.3 Å². The summed E-state index contributed by atoms with van der Waals surface area (Å²) >= 11 is 3.38. The van der Waals surface area contributed by atoms with E-state index in [2.05, 4.69) is 57.1 Å². The molecule has 0 aliphatic carbocycles. The van der Waals surface area contributed by atoms with E-state index in [1.54, 1.807) is 6.33 Å². The molecule has 1 atom stereocenters. The summed E-state index contributed by atoms with van der Waals surface area (Å²) in [5, 5.41) is 0. The molecule has 0 saturated carbocycles. The average Bonchev–Trinajstić information content (AvgIpc) is 2.31. The zero-order valence-electron chi connectivity index (χ0n) is 9.10. The van der Waals surface area contributed by atoms with Gasteiger partial charge in [0.05, 0.1) is 5.69 Å². The summed E-state index contributed by atoms with van der Waals surface area (Å²) in [6.45, 7) is 2.17. The fourth-order valence-corrected chi connectivity index (χ4v) is 2.16. The number of aromatic nitrogens is 2. The monoisotopic (exact) mass is 276 g/mol. The molecule has 16 heavy (non-hydrogen) atoms. The molecule has 0 saturated heterocycles. The van der Waals surface area contributed by atoms with Gasteiger partial charge in [0.1, 0.15) is 10.9 Å². The van der Waals surface area contributed by atoms with Crippen LogP contribution in [0, 0.1) is 0 Å². The quantitative estimate of drug-likeness (QED) is 0.798. The summed E-state index contributed by atoms with van der Waals surface area (Å²) in [6.07, 6.45) is 2.64. The predicted octanol–water partition coefficient (Wildman–Crippen LogP) is 3.78. The lowest BCUT2D eigenvalue weighted by molar-refractivity contribution is 0.743. The molecular formula is C13H13BrN2. The van der Waals surface area contributed by atoms with Crippen molar-refractivity contribution in [3.05, 3.63) is 58.6 Å². The van der Waals surface area contributed by atoms with E-state index in [0.29, 0.717) is 5.92 Å². The van der Waals surface area contributed by atoms with E-state index in [4.69, 9.17) is 0 Å². The lowest BCUT2D eigenvalue weighted by atomic mass is 9.93. The molecular weight excluding hydrogens is 264 g/mol. The van der Waals surface area contributed by atoms with E-state index in [0.717, 1.165) is 16.7 Å². The van der Waals surface area contributed by atoms with Crippen LogP contribution >= 0.6 is 15.9 Å². The van der Waals surface area contributed by atoms with Gasteiger partial charge in [-0.15, -0.1) is 0 Å². The van der Waals surface area contributed by atoms with Crippen molar-refractivity contribution < 1.29 is 0 Å². The number of hydrogen-bond donors (Lipinski definition) is 0. The Balaban J connectivity index is 2.37. The van der Waals surface area contributed by atoms with Crippen LogP contribution in [-0.4, -0.2) is 9.97 Å². The number of halogens is 1. The number of rotatable bonds is 3. The number of benzene rings is 1. The maximum absolute atomic E-state index is 4.35. The average molecular weight is 277 g/mol. The third-order valence-electron chi connectivity index (χ3n) is 2.62. The number of nitrogens with zero attached hydrogens (tertiary/aromatic N) is 2. The first kappa shape index (κ1) is 11.3. The van der Waals surface area contributed by atoms with Crippen LogP contribution in [0.1, 0.15) is 30.5 Å². The van der Waals surface area contributed by atoms with Crippen molar-refractivity contribution in [2.45, 2.75) is 19.3 Å². The Hall–Kier alpha value is -1.22. The molecule has 0 amide bonds. The Labute approximate surface area is 104 Å². The minimum atomic E-state index is 0.348. The highest BCUT2D eigenvalue weighted by molar-refractivity contribution is 9.10. The van der Waals surface area contributed by atoms with E-state index in [9.17, 15) is 0 Å². The minimum Gasteiger partial charge on any atom is -0.241 e. The number of hydrogen-bond acceptors (Lipinski definition) is 2. The van der Waals surface area contributed by atoms with Crippen LogP contribution in [-0.2, 0) is 0 Å². The second kappa shape index (κ2) is 5.21.